The molecule has 1 amide bonds. The lowest BCUT2D eigenvalue weighted by Crippen LogP contribution is -2.42. The summed E-state index contributed by atoms with van der Waals surface area (Å²) in [7, 11) is 4.28. The number of hydrogen-bond acceptors (Lipinski definition) is 4. The zero-order valence-electron chi connectivity index (χ0n) is 19.1. The molecule has 0 aliphatic carbocycles. The van der Waals surface area contributed by atoms with Gasteiger partial charge in [-0.15, -0.1) is 0 Å². The number of aromatic nitrogens is 1. The molecule has 5 nitrogen and oxygen atoms in total. The van der Waals surface area contributed by atoms with Crippen molar-refractivity contribution in [3.8, 4) is 0 Å². The number of fused-ring (bicyclic) bond motifs is 1. The van der Waals surface area contributed by atoms with Crippen molar-refractivity contribution in [1.82, 2.24) is 9.88 Å². The highest BCUT2D eigenvalue weighted by Crippen LogP contribution is 2.27. The molecule has 0 unspecified atom stereocenters. The van der Waals surface area contributed by atoms with Gasteiger partial charge in [-0.1, -0.05) is 17.7 Å². The summed E-state index contributed by atoms with van der Waals surface area (Å²) in [6.07, 6.45) is 5.00. The molecule has 0 radical (unpaired) electrons. The fourth-order valence-corrected chi connectivity index (χ4v) is 4.37. The molecule has 1 saturated heterocycles. The van der Waals surface area contributed by atoms with E-state index in [2.05, 4.69) is 42.2 Å². The first kappa shape index (κ1) is 23.2. The van der Waals surface area contributed by atoms with Crippen LogP contribution in [0.3, 0.4) is 0 Å². The van der Waals surface area contributed by atoms with Crippen LogP contribution in [-0.4, -0.2) is 49.0 Å². The van der Waals surface area contributed by atoms with Crippen LogP contribution in [0.4, 0.5) is 15.9 Å². The molecule has 4 rings (SSSR count). The zero-order valence-corrected chi connectivity index (χ0v) is 19.9. The number of anilines is 2. The zero-order chi connectivity index (χ0) is 23.5. The maximum absolute atomic E-state index is 13.9. The summed E-state index contributed by atoms with van der Waals surface area (Å²) in [5.74, 6) is 0.192. The molecule has 1 aliphatic rings. The van der Waals surface area contributed by atoms with E-state index in [1.807, 2.05) is 18.2 Å². The van der Waals surface area contributed by atoms with Crippen LogP contribution in [0, 0.1) is 12.7 Å². The number of piperidine rings is 1. The molecular weight excluding hydrogens is 439 g/mol. The Morgan fingerprint density at radius 1 is 1.18 bits per heavy atom. The summed E-state index contributed by atoms with van der Waals surface area (Å²) in [4.78, 5) is 21.9. The predicted octanol–water partition coefficient (Wildman–Crippen LogP) is 5.52. The minimum Gasteiger partial charge on any atom is -0.356 e. The van der Waals surface area contributed by atoms with Crippen LogP contribution < -0.4 is 10.2 Å². The Balaban J connectivity index is 1.47. The first-order valence-electron chi connectivity index (χ1n) is 11.1. The van der Waals surface area contributed by atoms with Gasteiger partial charge in [0, 0.05) is 46.9 Å². The van der Waals surface area contributed by atoms with Crippen molar-refractivity contribution < 1.29 is 9.18 Å². The van der Waals surface area contributed by atoms with Gasteiger partial charge in [-0.25, -0.2) is 9.37 Å². The Labute approximate surface area is 198 Å². The van der Waals surface area contributed by atoms with Gasteiger partial charge in [0.2, 0.25) is 5.91 Å². The van der Waals surface area contributed by atoms with Gasteiger partial charge in [-0.05, 0) is 81.9 Å². The fraction of sp³-hybridized carbons (Fsp3) is 0.308. The molecule has 33 heavy (non-hydrogen) atoms. The lowest BCUT2D eigenvalue weighted by Gasteiger charge is -2.36. The minimum atomic E-state index is -0.472. The van der Waals surface area contributed by atoms with Crippen LogP contribution in [0.5, 0.6) is 0 Å². The molecule has 1 aliphatic heterocycles. The van der Waals surface area contributed by atoms with E-state index in [9.17, 15) is 9.18 Å². The van der Waals surface area contributed by atoms with Crippen LogP contribution in [0.1, 0.15) is 24.0 Å². The number of nitrogens with one attached hydrogen (secondary N) is 1. The van der Waals surface area contributed by atoms with Gasteiger partial charge in [0.05, 0.1) is 5.52 Å². The summed E-state index contributed by atoms with van der Waals surface area (Å²) in [6, 6.07) is 12.8. The van der Waals surface area contributed by atoms with Crippen molar-refractivity contribution in [3.63, 3.8) is 0 Å². The average molecular weight is 467 g/mol. The summed E-state index contributed by atoms with van der Waals surface area (Å²) >= 11 is 5.77. The van der Waals surface area contributed by atoms with Crippen molar-refractivity contribution >= 4 is 46.0 Å². The Kier molecular flexibility index (Phi) is 6.96. The van der Waals surface area contributed by atoms with E-state index < -0.39 is 5.82 Å². The van der Waals surface area contributed by atoms with Gasteiger partial charge in [-0.2, -0.15) is 0 Å². The van der Waals surface area contributed by atoms with E-state index in [4.69, 9.17) is 16.6 Å². The van der Waals surface area contributed by atoms with Crippen molar-refractivity contribution in [2.45, 2.75) is 25.8 Å². The molecular formula is C26H28ClFN4O. The molecule has 0 saturated carbocycles. The standard InChI is InChI=1S/C26H28ClFN4O/c1-17-14-25(32-12-10-21(11-13-32)31(2)3)30-24-8-7-20(16-22(17)24)29-26(33)9-5-18-4-6-19(27)15-23(18)28/h4-9,14-16,21H,10-13H2,1-3H3,(H,29,33)/b9-5+. The quantitative estimate of drug-likeness (QED) is 0.503. The fourth-order valence-electron chi connectivity index (χ4n) is 4.21. The Hall–Kier alpha value is -2.96. The van der Waals surface area contributed by atoms with Gasteiger partial charge in [0.25, 0.3) is 0 Å². The topological polar surface area (TPSA) is 48.5 Å². The van der Waals surface area contributed by atoms with Gasteiger partial charge in [0.1, 0.15) is 11.6 Å². The van der Waals surface area contributed by atoms with Crippen molar-refractivity contribution in [2.75, 3.05) is 37.4 Å². The van der Waals surface area contributed by atoms with Crippen LogP contribution in [-0.2, 0) is 4.79 Å². The highest BCUT2D eigenvalue weighted by molar-refractivity contribution is 6.30. The number of nitrogens with zero attached hydrogens (tertiary/aromatic N) is 3. The second-order valence-corrected chi connectivity index (χ2v) is 9.14. The van der Waals surface area contributed by atoms with Crippen LogP contribution >= 0.6 is 11.6 Å². The monoisotopic (exact) mass is 466 g/mol. The van der Waals surface area contributed by atoms with Crippen molar-refractivity contribution in [1.29, 1.82) is 0 Å². The molecule has 172 valence electrons. The number of benzene rings is 2. The highest BCUT2D eigenvalue weighted by Gasteiger charge is 2.22. The molecule has 7 heteroatoms. The number of aryl methyl sites for hydroxylation is 1. The largest absolute Gasteiger partial charge is 0.356 e. The normalized spacial score (nSPS) is 15.0. The Morgan fingerprint density at radius 2 is 1.94 bits per heavy atom. The number of carbonyl (C=O) groups excluding carboxylic acids is 1. The Morgan fingerprint density at radius 3 is 2.64 bits per heavy atom. The number of amides is 1. The lowest BCUT2D eigenvalue weighted by atomic mass is 10.0. The van der Waals surface area contributed by atoms with Gasteiger partial charge < -0.3 is 15.1 Å². The Bertz CT molecular complexity index is 1200. The molecule has 1 N–H and O–H groups in total. The third-order valence-electron chi connectivity index (χ3n) is 6.17. The van der Waals surface area contributed by atoms with E-state index in [0.717, 1.165) is 48.2 Å². The minimum absolute atomic E-state index is 0.301. The maximum atomic E-state index is 13.9. The number of rotatable bonds is 5. The summed E-state index contributed by atoms with van der Waals surface area (Å²) in [5.41, 5.74) is 2.98. The van der Waals surface area contributed by atoms with Crippen LogP contribution in [0.25, 0.3) is 17.0 Å². The second kappa shape index (κ2) is 9.89. The number of hydrogen-bond donors (Lipinski definition) is 1. The first-order valence-corrected chi connectivity index (χ1v) is 11.4. The van der Waals surface area contributed by atoms with Crippen molar-refractivity contribution in [2.24, 2.45) is 0 Å². The van der Waals surface area contributed by atoms with Crippen LogP contribution in [0.15, 0.2) is 48.5 Å². The lowest BCUT2D eigenvalue weighted by molar-refractivity contribution is -0.111. The third kappa shape index (κ3) is 5.52. The first-order chi connectivity index (χ1) is 15.8. The molecule has 0 bridgehead atoms. The molecule has 3 aromatic rings. The summed E-state index contributed by atoms with van der Waals surface area (Å²) < 4.78 is 13.9. The molecule has 2 heterocycles. The molecule has 0 atom stereocenters. The van der Waals surface area contributed by atoms with Crippen LogP contribution in [0.2, 0.25) is 5.02 Å². The summed E-state index contributed by atoms with van der Waals surface area (Å²) in [6.45, 7) is 4.06. The molecule has 1 fully saturated rings. The van der Waals surface area contributed by atoms with Crippen molar-refractivity contribution in [3.05, 3.63) is 70.5 Å². The number of halogens is 2. The molecule has 2 aromatic carbocycles. The number of carbonyl (C=O) groups is 1. The van der Waals surface area contributed by atoms with E-state index in [0.29, 0.717) is 22.3 Å². The maximum Gasteiger partial charge on any atom is 0.248 e. The third-order valence-corrected chi connectivity index (χ3v) is 6.40. The second-order valence-electron chi connectivity index (χ2n) is 8.70. The predicted molar refractivity (Wildman–Crippen MR) is 134 cm³/mol. The van der Waals surface area contributed by atoms with E-state index in [-0.39, 0.29) is 5.91 Å². The highest BCUT2D eigenvalue weighted by atomic mass is 35.5. The molecule has 1 aromatic heterocycles. The van der Waals surface area contributed by atoms with E-state index in [1.54, 1.807) is 6.07 Å². The summed E-state index contributed by atoms with van der Waals surface area (Å²) in [5, 5.41) is 4.15. The molecule has 0 spiro atoms. The van der Waals surface area contributed by atoms with Gasteiger partial charge in [-0.3, -0.25) is 4.79 Å². The number of pyridine rings is 1. The van der Waals surface area contributed by atoms with E-state index in [1.165, 1.54) is 24.3 Å². The average Bonchev–Trinajstić information content (AvgIpc) is 2.79. The van der Waals surface area contributed by atoms with Gasteiger partial charge in [0.15, 0.2) is 0 Å². The van der Waals surface area contributed by atoms with Gasteiger partial charge >= 0.3 is 0 Å². The van der Waals surface area contributed by atoms with E-state index >= 15 is 0 Å². The SMILES string of the molecule is Cc1cc(N2CCC(N(C)C)CC2)nc2ccc(NC(=O)/C=C/c3ccc(Cl)cc3F)cc12. The smallest absolute Gasteiger partial charge is 0.248 e.